The number of hydrogen-bond acceptors (Lipinski definition) is 10. The van der Waals surface area contributed by atoms with Crippen LogP contribution in [0.3, 0.4) is 0 Å². The molecule has 0 spiro atoms. The molecule has 0 bridgehead atoms. The number of anilines is 1. The molecule has 1 amide bonds. The Balaban J connectivity index is 1.88. The van der Waals surface area contributed by atoms with Crippen molar-refractivity contribution in [1.82, 2.24) is 0 Å². The molecule has 1 N–H and O–H groups in total. The van der Waals surface area contributed by atoms with Gasteiger partial charge in [-0.1, -0.05) is 6.42 Å². The van der Waals surface area contributed by atoms with Crippen LogP contribution in [0.4, 0.5) is 5.00 Å². The van der Waals surface area contributed by atoms with Gasteiger partial charge in [-0.15, -0.1) is 34.4 Å². The molecular formula is C26H33NO7S3. The van der Waals surface area contributed by atoms with Gasteiger partial charge in [0.2, 0.25) is 5.91 Å². The molecule has 8 nitrogen and oxygen atoms in total. The van der Waals surface area contributed by atoms with E-state index >= 15 is 0 Å². The van der Waals surface area contributed by atoms with Crippen molar-refractivity contribution in [1.29, 1.82) is 0 Å². The molecule has 0 saturated carbocycles. The van der Waals surface area contributed by atoms with Crippen LogP contribution < -0.4 is 5.32 Å². The minimum absolute atomic E-state index is 0.183. The third kappa shape index (κ3) is 6.74. The summed E-state index contributed by atoms with van der Waals surface area (Å²) < 4.78 is 16.2. The van der Waals surface area contributed by atoms with Crippen LogP contribution in [0.5, 0.6) is 0 Å². The molecule has 202 valence electrons. The van der Waals surface area contributed by atoms with Crippen molar-refractivity contribution in [2.45, 2.75) is 76.2 Å². The van der Waals surface area contributed by atoms with E-state index in [9.17, 15) is 19.2 Å². The van der Waals surface area contributed by atoms with Crippen molar-refractivity contribution in [2.75, 3.05) is 25.1 Å². The zero-order valence-electron chi connectivity index (χ0n) is 21.8. The van der Waals surface area contributed by atoms with E-state index in [1.807, 2.05) is 0 Å². The predicted octanol–water partition coefficient (Wildman–Crippen LogP) is 6.04. The Kier molecular flexibility index (Phi) is 10.6. The van der Waals surface area contributed by atoms with Gasteiger partial charge < -0.3 is 19.5 Å². The van der Waals surface area contributed by atoms with Crippen molar-refractivity contribution in [3.05, 3.63) is 32.0 Å². The van der Waals surface area contributed by atoms with Crippen LogP contribution in [-0.4, -0.2) is 48.9 Å². The van der Waals surface area contributed by atoms with E-state index < -0.39 is 23.2 Å². The fourth-order valence-electron chi connectivity index (χ4n) is 4.08. The number of aryl methyl sites for hydroxylation is 1. The van der Waals surface area contributed by atoms with Gasteiger partial charge in [0.05, 0.1) is 40.4 Å². The predicted molar refractivity (Wildman–Crippen MR) is 146 cm³/mol. The third-order valence-electron chi connectivity index (χ3n) is 5.85. The molecular weight excluding hydrogens is 534 g/mol. The minimum Gasteiger partial charge on any atom is -0.462 e. The molecule has 0 saturated heterocycles. The maximum atomic E-state index is 13.3. The lowest BCUT2D eigenvalue weighted by atomic mass is 10.1. The van der Waals surface area contributed by atoms with Gasteiger partial charge in [-0.2, -0.15) is 0 Å². The number of nitrogens with one attached hydrogen (secondary N) is 1. The Morgan fingerprint density at radius 2 is 1.46 bits per heavy atom. The summed E-state index contributed by atoms with van der Waals surface area (Å²) in [7, 11) is 0. The average Bonchev–Trinajstić information content (AvgIpc) is 3.26. The SMILES string of the molecule is CCOC(=O)c1sc(SC(C)C(=O)Nc2sc3c(c2C(=O)OCC)CCCCC3)c(C(=O)OCC)c1C. The van der Waals surface area contributed by atoms with E-state index in [2.05, 4.69) is 5.32 Å². The highest BCUT2D eigenvalue weighted by Crippen LogP contribution is 2.41. The fraction of sp³-hybridized carbons (Fsp3) is 0.538. The minimum atomic E-state index is -0.627. The van der Waals surface area contributed by atoms with E-state index in [0.717, 1.165) is 53.9 Å². The van der Waals surface area contributed by atoms with Crippen molar-refractivity contribution < 1.29 is 33.4 Å². The number of fused-ring (bicyclic) bond motifs is 1. The normalized spacial score (nSPS) is 13.8. The van der Waals surface area contributed by atoms with Gasteiger partial charge in [-0.05, 0) is 71.4 Å². The number of carbonyl (C=O) groups is 4. The summed E-state index contributed by atoms with van der Waals surface area (Å²) in [4.78, 5) is 52.7. The lowest BCUT2D eigenvalue weighted by Gasteiger charge is -2.13. The van der Waals surface area contributed by atoms with Crippen LogP contribution in [0.1, 0.15) is 93.3 Å². The summed E-state index contributed by atoms with van der Waals surface area (Å²) in [5.41, 5.74) is 2.19. The highest BCUT2D eigenvalue weighted by atomic mass is 32.2. The molecule has 1 aliphatic carbocycles. The Bertz CT molecular complexity index is 1170. The second-order valence-corrected chi connectivity index (χ2v) is 12.1. The first-order chi connectivity index (χ1) is 17.7. The van der Waals surface area contributed by atoms with Gasteiger partial charge in [-0.3, -0.25) is 4.79 Å². The summed E-state index contributed by atoms with van der Waals surface area (Å²) in [5, 5.41) is 2.82. The second-order valence-electron chi connectivity index (χ2n) is 8.40. The smallest absolute Gasteiger partial charge is 0.348 e. The van der Waals surface area contributed by atoms with Crippen LogP contribution in [0.15, 0.2) is 4.21 Å². The number of thioether (sulfide) groups is 1. The van der Waals surface area contributed by atoms with Gasteiger partial charge in [0.25, 0.3) is 0 Å². The van der Waals surface area contributed by atoms with Crippen LogP contribution in [-0.2, 0) is 31.8 Å². The Morgan fingerprint density at radius 3 is 2.11 bits per heavy atom. The van der Waals surface area contributed by atoms with Crippen molar-refractivity contribution in [3.8, 4) is 0 Å². The van der Waals surface area contributed by atoms with E-state index in [0.29, 0.717) is 25.2 Å². The number of thiophene rings is 2. The average molecular weight is 568 g/mol. The van der Waals surface area contributed by atoms with Crippen molar-refractivity contribution >= 4 is 63.3 Å². The maximum Gasteiger partial charge on any atom is 0.348 e. The first-order valence-electron chi connectivity index (χ1n) is 12.5. The molecule has 0 fully saturated rings. The maximum absolute atomic E-state index is 13.3. The molecule has 0 aliphatic heterocycles. The highest BCUT2D eigenvalue weighted by molar-refractivity contribution is 8.02. The molecule has 1 unspecified atom stereocenters. The van der Waals surface area contributed by atoms with Gasteiger partial charge in [0.15, 0.2) is 0 Å². The quantitative estimate of drug-likeness (QED) is 0.160. The van der Waals surface area contributed by atoms with E-state index in [1.165, 1.54) is 23.1 Å². The number of carbonyl (C=O) groups excluding carboxylic acids is 4. The number of ether oxygens (including phenoxy) is 3. The number of hydrogen-bond donors (Lipinski definition) is 1. The molecule has 0 radical (unpaired) electrons. The van der Waals surface area contributed by atoms with Crippen LogP contribution in [0, 0.1) is 6.92 Å². The van der Waals surface area contributed by atoms with Gasteiger partial charge >= 0.3 is 17.9 Å². The molecule has 1 atom stereocenters. The monoisotopic (exact) mass is 567 g/mol. The molecule has 2 heterocycles. The highest BCUT2D eigenvalue weighted by Gasteiger charge is 2.31. The van der Waals surface area contributed by atoms with E-state index in [1.54, 1.807) is 34.6 Å². The summed E-state index contributed by atoms with van der Waals surface area (Å²) >= 11 is 3.72. The molecule has 0 aromatic carbocycles. The van der Waals surface area contributed by atoms with Crippen molar-refractivity contribution in [3.63, 3.8) is 0 Å². The standard InChI is InChI=1S/C26H33NO7S3/c1-6-32-23(29)18-14(4)20(25(31)34-8-3)37-26(18)35-15(5)21(28)27-22-19(24(30)33-7-2)16-12-10-9-11-13-17(16)36-22/h15H,6-13H2,1-5H3,(H,27,28). The molecule has 37 heavy (non-hydrogen) atoms. The summed E-state index contributed by atoms with van der Waals surface area (Å²) in [5.74, 6) is -1.80. The molecule has 3 rings (SSSR count). The number of rotatable bonds is 10. The van der Waals surface area contributed by atoms with Crippen LogP contribution in [0.2, 0.25) is 0 Å². The van der Waals surface area contributed by atoms with Gasteiger partial charge in [0.1, 0.15) is 9.88 Å². The lowest BCUT2D eigenvalue weighted by Crippen LogP contribution is -2.23. The largest absolute Gasteiger partial charge is 0.462 e. The Labute approximate surface area is 229 Å². The van der Waals surface area contributed by atoms with Crippen LogP contribution >= 0.6 is 34.4 Å². The number of esters is 3. The van der Waals surface area contributed by atoms with Crippen molar-refractivity contribution in [2.24, 2.45) is 0 Å². The zero-order valence-corrected chi connectivity index (χ0v) is 24.3. The number of amides is 1. The Morgan fingerprint density at radius 1 is 0.865 bits per heavy atom. The molecule has 2 aromatic rings. The third-order valence-corrected chi connectivity index (χ3v) is 9.64. The van der Waals surface area contributed by atoms with Crippen LogP contribution in [0.25, 0.3) is 0 Å². The first kappa shape index (κ1) is 29.2. The lowest BCUT2D eigenvalue weighted by molar-refractivity contribution is -0.115. The van der Waals surface area contributed by atoms with E-state index in [-0.39, 0.29) is 31.3 Å². The van der Waals surface area contributed by atoms with Gasteiger partial charge in [-0.25, -0.2) is 14.4 Å². The zero-order chi connectivity index (χ0) is 27.1. The first-order valence-corrected chi connectivity index (χ1v) is 15.0. The Hall–Kier alpha value is -2.37. The fourth-order valence-corrected chi connectivity index (χ4v) is 8.00. The summed E-state index contributed by atoms with van der Waals surface area (Å²) in [6, 6.07) is 0. The molecule has 2 aromatic heterocycles. The molecule has 1 aliphatic rings. The van der Waals surface area contributed by atoms with Gasteiger partial charge in [0, 0.05) is 4.88 Å². The summed E-state index contributed by atoms with van der Waals surface area (Å²) in [6.07, 6.45) is 4.81. The summed E-state index contributed by atoms with van der Waals surface area (Å²) in [6.45, 7) is 9.21. The van der Waals surface area contributed by atoms with E-state index in [4.69, 9.17) is 14.2 Å². The second kappa shape index (κ2) is 13.4. The molecule has 11 heteroatoms. The topological polar surface area (TPSA) is 108 Å².